The van der Waals surface area contributed by atoms with Crippen LogP contribution in [0.5, 0.6) is 5.75 Å². The second-order valence-corrected chi connectivity index (χ2v) is 8.68. The van der Waals surface area contributed by atoms with Crippen molar-refractivity contribution in [2.24, 2.45) is 5.92 Å². The third-order valence-electron chi connectivity index (χ3n) is 6.92. The third kappa shape index (κ3) is 3.51. The van der Waals surface area contributed by atoms with Crippen molar-refractivity contribution in [1.29, 1.82) is 0 Å². The number of nitrogens with one attached hydrogen (secondary N) is 1. The minimum absolute atomic E-state index is 0.136. The molecule has 0 fully saturated rings. The first-order valence-corrected chi connectivity index (χ1v) is 11.4. The molecule has 0 saturated heterocycles. The van der Waals surface area contributed by atoms with Gasteiger partial charge in [-0.3, -0.25) is 9.69 Å². The van der Waals surface area contributed by atoms with Gasteiger partial charge in [-0.2, -0.15) is 0 Å². The van der Waals surface area contributed by atoms with Gasteiger partial charge in [0.2, 0.25) is 5.91 Å². The number of aromatic nitrogens is 1. The van der Waals surface area contributed by atoms with Gasteiger partial charge >= 0.3 is 0 Å². The van der Waals surface area contributed by atoms with E-state index in [0.29, 0.717) is 31.9 Å². The van der Waals surface area contributed by atoms with E-state index in [4.69, 9.17) is 8.85 Å². The minimum atomic E-state index is -2.49. The SMILES string of the molecule is [2H]C([2H])([2H])Oc1cccc(CN2C[C@H](C(=O)N(CC)CC)C=C3c4cccc5[nH]cc(c45)C[C@H]32)c1. The predicted molar refractivity (Wildman–Crippen MR) is 129 cm³/mol. The molecule has 1 aliphatic carbocycles. The smallest absolute Gasteiger partial charge is 0.230 e. The number of hydrogen-bond acceptors (Lipinski definition) is 3. The number of benzene rings is 2. The van der Waals surface area contributed by atoms with E-state index >= 15 is 0 Å². The third-order valence-corrected chi connectivity index (χ3v) is 6.92. The summed E-state index contributed by atoms with van der Waals surface area (Å²) in [5, 5.41) is 1.25. The fraction of sp³-hybridized carbons (Fsp3) is 0.370. The molecule has 0 radical (unpaired) electrons. The molecule has 0 saturated carbocycles. The largest absolute Gasteiger partial charge is 0.497 e. The van der Waals surface area contributed by atoms with Gasteiger partial charge in [0.15, 0.2) is 0 Å². The number of fused-ring (bicyclic) bond motifs is 2. The number of aromatic amines is 1. The lowest BCUT2D eigenvalue weighted by Gasteiger charge is -2.42. The van der Waals surface area contributed by atoms with Gasteiger partial charge in [0.25, 0.3) is 0 Å². The lowest BCUT2D eigenvalue weighted by Crippen LogP contribution is -2.48. The van der Waals surface area contributed by atoms with Crippen LogP contribution in [0.2, 0.25) is 0 Å². The molecule has 1 amide bonds. The monoisotopic (exact) mass is 432 g/mol. The molecule has 2 heterocycles. The Morgan fingerprint density at radius 2 is 2.09 bits per heavy atom. The molecule has 0 bridgehead atoms. The number of methoxy groups -OCH3 is 1. The van der Waals surface area contributed by atoms with Crippen LogP contribution in [0.1, 0.15) is 34.7 Å². The molecular weight excluding hydrogens is 398 g/mol. The van der Waals surface area contributed by atoms with E-state index in [1.165, 1.54) is 22.1 Å². The highest BCUT2D eigenvalue weighted by atomic mass is 16.5. The fourth-order valence-corrected chi connectivity index (χ4v) is 5.37. The van der Waals surface area contributed by atoms with Gasteiger partial charge in [0, 0.05) is 49.3 Å². The van der Waals surface area contributed by atoms with Crippen LogP contribution in [0.4, 0.5) is 0 Å². The van der Waals surface area contributed by atoms with Crippen molar-refractivity contribution in [3.63, 3.8) is 0 Å². The maximum Gasteiger partial charge on any atom is 0.230 e. The molecule has 166 valence electrons. The Balaban J connectivity index is 1.52. The topological polar surface area (TPSA) is 48.6 Å². The molecule has 0 spiro atoms. The van der Waals surface area contributed by atoms with Crippen molar-refractivity contribution in [2.75, 3.05) is 26.7 Å². The Labute approximate surface area is 193 Å². The zero-order valence-corrected chi connectivity index (χ0v) is 18.6. The molecule has 1 aliphatic heterocycles. The molecule has 2 atom stereocenters. The summed E-state index contributed by atoms with van der Waals surface area (Å²) in [7, 11) is -2.49. The Hall–Kier alpha value is -3.05. The van der Waals surface area contributed by atoms with Crippen LogP contribution in [0.15, 0.2) is 54.7 Å². The molecule has 5 rings (SSSR count). The average molecular weight is 433 g/mol. The Morgan fingerprint density at radius 3 is 2.91 bits per heavy atom. The molecule has 5 heteroatoms. The Bertz CT molecular complexity index is 1280. The highest BCUT2D eigenvalue weighted by molar-refractivity contribution is 5.99. The first-order chi connectivity index (χ1) is 16.8. The standard InChI is InChI=1S/C27H31N3O2/c1-4-29(5-2)27(31)20-13-23-22-10-7-11-24-26(22)19(15-28-24)14-25(23)30(17-20)16-18-8-6-9-21(12-18)32-3/h6-13,15,20,25,28H,4-5,14,16-17H2,1-3H3/t20-,25-/m1/s1/i3D3. The van der Waals surface area contributed by atoms with Gasteiger partial charge in [-0.25, -0.2) is 0 Å². The number of amides is 1. The molecule has 1 N–H and O–H groups in total. The summed E-state index contributed by atoms with van der Waals surface area (Å²) in [4.78, 5) is 21.1. The van der Waals surface area contributed by atoms with Crippen LogP contribution >= 0.6 is 0 Å². The van der Waals surface area contributed by atoms with Gasteiger partial charge in [-0.15, -0.1) is 0 Å². The lowest BCUT2D eigenvalue weighted by molar-refractivity contribution is -0.134. The van der Waals surface area contributed by atoms with Crippen molar-refractivity contribution in [3.05, 3.63) is 71.4 Å². The maximum atomic E-state index is 13.4. The summed E-state index contributed by atoms with van der Waals surface area (Å²) in [6.45, 7) is 6.61. The molecule has 2 aliphatic rings. The molecular formula is C27H31N3O2. The van der Waals surface area contributed by atoms with Crippen LogP contribution in [0.25, 0.3) is 16.5 Å². The number of nitrogens with zero attached hydrogens (tertiary/aromatic N) is 2. The van der Waals surface area contributed by atoms with E-state index in [1.807, 2.05) is 30.9 Å². The predicted octanol–water partition coefficient (Wildman–Crippen LogP) is 4.49. The van der Waals surface area contributed by atoms with Crippen molar-refractivity contribution in [1.82, 2.24) is 14.8 Å². The van der Waals surface area contributed by atoms with Crippen molar-refractivity contribution in [3.8, 4) is 5.75 Å². The summed E-state index contributed by atoms with van der Waals surface area (Å²) >= 11 is 0. The summed E-state index contributed by atoms with van der Waals surface area (Å²) in [5.74, 6) is 0.239. The zero-order chi connectivity index (χ0) is 24.7. The number of H-pyrrole nitrogens is 1. The van der Waals surface area contributed by atoms with Crippen molar-refractivity contribution in [2.45, 2.75) is 32.9 Å². The summed E-state index contributed by atoms with van der Waals surface area (Å²) in [6, 6.07) is 13.7. The molecule has 0 unspecified atom stereocenters. The molecule has 32 heavy (non-hydrogen) atoms. The van der Waals surface area contributed by atoms with Gasteiger partial charge in [-0.05, 0) is 60.7 Å². The van der Waals surface area contributed by atoms with Crippen molar-refractivity contribution >= 4 is 22.4 Å². The summed E-state index contributed by atoms with van der Waals surface area (Å²) < 4.78 is 27.4. The zero-order valence-electron chi connectivity index (χ0n) is 21.6. The van der Waals surface area contributed by atoms with Crippen LogP contribution < -0.4 is 4.74 Å². The van der Waals surface area contributed by atoms with Gasteiger partial charge < -0.3 is 14.6 Å². The van der Waals surface area contributed by atoms with Gasteiger partial charge in [-0.1, -0.05) is 30.3 Å². The number of hydrogen-bond donors (Lipinski definition) is 1. The van der Waals surface area contributed by atoms with Crippen LogP contribution in [0, 0.1) is 5.92 Å². The highest BCUT2D eigenvalue weighted by Gasteiger charge is 2.38. The number of carbonyl (C=O) groups is 1. The molecule has 2 aromatic carbocycles. The molecule has 3 aromatic rings. The van der Waals surface area contributed by atoms with Gasteiger partial charge in [0.1, 0.15) is 5.75 Å². The first-order valence-electron chi connectivity index (χ1n) is 12.9. The number of ether oxygens (including phenoxy) is 1. The van der Waals surface area contributed by atoms with E-state index in [2.05, 4.69) is 40.4 Å². The Kier molecular flexibility index (Phi) is 4.63. The van der Waals surface area contributed by atoms with Crippen LogP contribution in [0.3, 0.4) is 0 Å². The second kappa shape index (κ2) is 8.47. The van der Waals surface area contributed by atoms with E-state index in [0.717, 1.165) is 17.5 Å². The summed E-state index contributed by atoms with van der Waals surface area (Å²) in [5.41, 5.74) is 5.76. The normalized spacial score (nSPS) is 21.8. The second-order valence-electron chi connectivity index (χ2n) is 8.68. The molecule has 1 aromatic heterocycles. The first kappa shape index (κ1) is 17.5. The highest BCUT2D eigenvalue weighted by Crippen LogP contribution is 2.42. The Morgan fingerprint density at radius 1 is 1.25 bits per heavy atom. The van der Waals surface area contributed by atoms with Crippen molar-refractivity contribution < 1.29 is 13.6 Å². The summed E-state index contributed by atoms with van der Waals surface area (Å²) in [6.07, 6.45) is 5.16. The van der Waals surface area contributed by atoms with Crippen LogP contribution in [-0.2, 0) is 17.8 Å². The van der Waals surface area contributed by atoms with E-state index < -0.39 is 7.04 Å². The quantitative estimate of drug-likeness (QED) is 0.625. The van der Waals surface area contributed by atoms with Gasteiger partial charge in [0.05, 0.1) is 17.1 Å². The maximum absolute atomic E-state index is 13.4. The number of rotatable bonds is 6. The minimum Gasteiger partial charge on any atom is -0.497 e. The lowest BCUT2D eigenvalue weighted by atomic mass is 9.79. The fourth-order valence-electron chi connectivity index (χ4n) is 5.37. The van der Waals surface area contributed by atoms with Crippen LogP contribution in [-0.4, -0.2) is 53.4 Å². The van der Waals surface area contributed by atoms with E-state index in [9.17, 15) is 4.79 Å². The molecule has 5 nitrogen and oxygen atoms in total. The number of carbonyl (C=O) groups excluding carboxylic acids is 1. The average Bonchev–Trinajstić information content (AvgIpc) is 3.23. The van der Waals surface area contributed by atoms with E-state index in [-0.39, 0.29) is 17.9 Å². The van der Waals surface area contributed by atoms with E-state index in [1.54, 1.807) is 12.1 Å².